The fourth-order valence-corrected chi connectivity index (χ4v) is 2.09. The van der Waals surface area contributed by atoms with Gasteiger partial charge in [-0.3, -0.25) is 4.79 Å². The van der Waals surface area contributed by atoms with Gasteiger partial charge in [-0.1, -0.05) is 32.1 Å². The number of alkyl halides is 4. The van der Waals surface area contributed by atoms with E-state index in [2.05, 4.69) is 0 Å². The lowest BCUT2D eigenvalue weighted by Crippen LogP contribution is -2.32. The number of nitrogens with zero attached hydrogens (tertiary/aromatic N) is 1. The predicted molar refractivity (Wildman–Crippen MR) is 86.2 cm³/mol. The van der Waals surface area contributed by atoms with Crippen LogP contribution in [0, 0.1) is 5.92 Å². The Bertz CT molecular complexity index is 536. The molecule has 1 rings (SSSR count). The van der Waals surface area contributed by atoms with E-state index in [1.807, 2.05) is 13.8 Å². The molecule has 1 unspecified atom stereocenters. The molecule has 2 nitrogen and oxygen atoms in total. The Kier molecular flexibility index (Phi) is 7.13. The van der Waals surface area contributed by atoms with Crippen molar-refractivity contribution in [3.63, 3.8) is 0 Å². The molecule has 6 heteroatoms. The molecule has 0 aliphatic rings. The van der Waals surface area contributed by atoms with Gasteiger partial charge in [0.1, 0.15) is 0 Å². The summed E-state index contributed by atoms with van der Waals surface area (Å²) in [6, 6.07) is 4.86. The van der Waals surface area contributed by atoms with Gasteiger partial charge in [0, 0.05) is 24.5 Å². The molecule has 128 valence electrons. The summed E-state index contributed by atoms with van der Waals surface area (Å²) in [6.45, 7) is 6.47. The lowest BCUT2D eigenvalue weighted by Gasteiger charge is -2.23. The zero-order valence-electron chi connectivity index (χ0n) is 13.4. The van der Waals surface area contributed by atoms with Crippen molar-refractivity contribution in [2.75, 3.05) is 6.54 Å². The Labute approximate surface area is 139 Å². The molecule has 1 aromatic rings. The van der Waals surface area contributed by atoms with E-state index in [9.17, 15) is 18.0 Å². The molecule has 0 N–H and O–H groups in total. The fourth-order valence-electron chi connectivity index (χ4n) is 2.01. The predicted octanol–water partition coefficient (Wildman–Crippen LogP) is 4.87. The molecule has 0 saturated heterocycles. The van der Waals surface area contributed by atoms with Gasteiger partial charge in [-0.25, -0.2) is 0 Å². The lowest BCUT2D eigenvalue weighted by atomic mass is 10.1. The number of amides is 1. The summed E-state index contributed by atoms with van der Waals surface area (Å²) < 4.78 is 37.7. The van der Waals surface area contributed by atoms with Crippen molar-refractivity contribution in [3.05, 3.63) is 47.5 Å². The van der Waals surface area contributed by atoms with Crippen molar-refractivity contribution in [3.8, 4) is 0 Å². The minimum absolute atomic E-state index is 0.203. The molecule has 1 aromatic carbocycles. The Morgan fingerprint density at radius 2 is 1.78 bits per heavy atom. The Balaban J connectivity index is 2.86. The summed E-state index contributed by atoms with van der Waals surface area (Å²) in [6.07, 6.45) is -1.36. The van der Waals surface area contributed by atoms with Crippen LogP contribution in [0.5, 0.6) is 0 Å². The van der Waals surface area contributed by atoms with Gasteiger partial charge in [0.15, 0.2) is 0 Å². The summed E-state index contributed by atoms with van der Waals surface area (Å²) in [5.74, 6) is 0.0429. The molecule has 0 aromatic heterocycles. The first-order valence-corrected chi connectivity index (χ1v) is 7.80. The van der Waals surface area contributed by atoms with Crippen LogP contribution in [-0.4, -0.2) is 22.7 Å². The summed E-state index contributed by atoms with van der Waals surface area (Å²) in [4.78, 5) is 13.8. The second-order valence-corrected chi connectivity index (χ2v) is 6.53. The SMILES string of the molecule is CC(Cl)/C=C/C(=O)N(Cc1ccc(C(F)(F)F)cc1)CC(C)C. The number of halogens is 4. The average Bonchev–Trinajstić information content (AvgIpc) is 2.43. The lowest BCUT2D eigenvalue weighted by molar-refractivity contribution is -0.137. The van der Waals surface area contributed by atoms with E-state index in [1.54, 1.807) is 17.9 Å². The highest BCUT2D eigenvalue weighted by Crippen LogP contribution is 2.29. The van der Waals surface area contributed by atoms with Crippen LogP contribution in [-0.2, 0) is 17.5 Å². The van der Waals surface area contributed by atoms with E-state index < -0.39 is 11.7 Å². The summed E-state index contributed by atoms with van der Waals surface area (Å²) in [5.41, 5.74) is -0.0434. The molecule has 0 fully saturated rings. The highest BCUT2D eigenvalue weighted by molar-refractivity contribution is 6.21. The first kappa shape index (κ1) is 19.6. The second-order valence-electron chi connectivity index (χ2n) is 5.84. The monoisotopic (exact) mass is 347 g/mol. The fraction of sp³-hybridized carbons (Fsp3) is 0.471. The zero-order chi connectivity index (χ0) is 17.6. The first-order valence-electron chi connectivity index (χ1n) is 7.37. The quantitative estimate of drug-likeness (QED) is 0.531. The van der Waals surface area contributed by atoms with E-state index in [-0.39, 0.29) is 23.7 Å². The molecule has 23 heavy (non-hydrogen) atoms. The van der Waals surface area contributed by atoms with Gasteiger partial charge in [-0.2, -0.15) is 13.2 Å². The van der Waals surface area contributed by atoms with Crippen LogP contribution < -0.4 is 0 Å². The normalized spacial score (nSPS) is 13.6. The third-order valence-electron chi connectivity index (χ3n) is 3.06. The maximum atomic E-state index is 12.6. The smallest absolute Gasteiger partial charge is 0.335 e. The topological polar surface area (TPSA) is 20.3 Å². The molecule has 0 heterocycles. The van der Waals surface area contributed by atoms with Gasteiger partial charge in [0.05, 0.1) is 5.56 Å². The van der Waals surface area contributed by atoms with Crippen LogP contribution in [0.1, 0.15) is 31.9 Å². The molecule has 1 amide bonds. The summed E-state index contributed by atoms with van der Waals surface area (Å²) >= 11 is 5.79. The van der Waals surface area contributed by atoms with Crippen LogP contribution in [0.4, 0.5) is 13.2 Å². The third-order valence-corrected chi connectivity index (χ3v) is 3.20. The molecule has 0 radical (unpaired) electrons. The van der Waals surface area contributed by atoms with Crippen molar-refractivity contribution in [1.82, 2.24) is 4.90 Å². The standard InChI is InChI=1S/C17H21ClF3NO/c1-12(2)10-22(16(23)9-4-13(3)18)11-14-5-7-15(8-6-14)17(19,20)21/h4-9,12-13H,10-11H2,1-3H3/b9-4+. The first-order chi connectivity index (χ1) is 10.6. The number of rotatable bonds is 6. The molecule has 0 spiro atoms. The number of carbonyl (C=O) groups excluding carboxylic acids is 1. The summed E-state index contributed by atoms with van der Waals surface area (Å²) in [5, 5.41) is -0.258. The van der Waals surface area contributed by atoms with Gasteiger partial charge in [0.25, 0.3) is 0 Å². The van der Waals surface area contributed by atoms with Gasteiger partial charge >= 0.3 is 6.18 Å². The van der Waals surface area contributed by atoms with Crippen molar-refractivity contribution >= 4 is 17.5 Å². The molecule has 0 aliphatic heterocycles. The molecule has 0 bridgehead atoms. The minimum Gasteiger partial charge on any atom is -0.335 e. The molecule has 0 saturated carbocycles. The van der Waals surface area contributed by atoms with Crippen LogP contribution in [0.15, 0.2) is 36.4 Å². The average molecular weight is 348 g/mol. The second kappa shape index (κ2) is 8.39. The third kappa shape index (κ3) is 7.08. The van der Waals surface area contributed by atoms with Crippen molar-refractivity contribution in [2.45, 2.75) is 38.9 Å². The number of hydrogen-bond donors (Lipinski definition) is 0. The van der Waals surface area contributed by atoms with Crippen LogP contribution in [0.3, 0.4) is 0 Å². The van der Waals surface area contributed by atoms with Gasteiger partial charge in [0.2, 0.25) is 5.91 Å². The largest absolute Gasteiger partial charge is 0.416 e. The molecule has 0 aliphatic carbocycles. The number of allylic oxidation sites excluding steroid dienone is 1. The zero-order valence-corrected chi connectivity index (χ0v) is 14.2. The number of hydrogen-bond acceptors (Lipinski definition) is 1. The number of carbonyl (C=O) groups is 1. The van der Waals surface area contributed by atoms with E-state index in [4.69, 9.17) is 11.6 Å². The van der Waals surface area contributed by atoms with Crippen molar-refractivity contribution < 1.29 is 18.0 Å². The maximum absolute atomic E-state index is 12.6. The summed E-state index contributed by atoms with van der Waals surface area (Å²) in [7, 11) is 0. The Hall–Kier alpha value is -1.49. The van der Waals surface area contributed by atoms with Gasteiger partial charge in [-0.05, 0) is 30.5 Å². The highest BCUT2D eigenvalue weighted by Gasteiger charge is 2.30. The Morgan fingerprint density at radius 3 is 2.22 bits per heavy atom. The highest BCUT2D eigenvalue weighted by atomic mass is 35.5. The van der Waals surface area contributed by atoms with Crippen molar-refractivity contribution in [1.29, 1.82) is 0 Å². The van der Waals surface area contributed by atoms with Crippen LogP contribution in [0.2, 0.25) is 0 Å². The van der Waals surface area contributed by atoms with E-state index in [0.29, 0.717) is 12.1 Å². The molecule has 1 atom stereocenters. The van der Waals surface area contributed by atoms with Gasteiger partial charge < -0.3 is 4.90 Å². The van der Waals surface area contributed by atoms with E-state index in [0.717, 1.165) is 12.1 Å². The minimum atomic E-state index is -4.36. The molecular formula is C17H21ClF3NO. The number of benzene rings is 1. The van der Waals surface area contributed by atoms with Crippen LogP contribution in [0.25, 0.3) is 0 Å². The maximum Gasteiger partial charge on any atom is 0.416 e. The van der Waals surface area contributed by atoms with Gasteiger partial charge in [-0.15, -0.1) is 11.6 Å². The van der Waals surface area contributed by atoms with E-state index in [1.165, 1.54) is 18.2 Å². The Morgan fingerprint density at radius 1 is 1.22 bits per heavy atom. The molecular weight excluding hydrogens is 327 g/mol. The van der Waals surface area contributed by atoms with E-state index >= 15 is 0 Å². The van der Waals surface area contributed by atoms with Crippen LogP contribution >= 0.6 is 11.6 Å². The van der Waals surface area contributed by atoms with Crippen molar-refractivity contribution in [2.24, 2.45) is 5.92 Å².